The van der Waals surface area contributed by atoms with Crippen molar-refractivity contribution in [3.8, 4) is 23.4 Å². The van der Waals surface area contributed by atoms with Crippen LogP contribution in [0.2, 0.25) is 0 Å². The maximum Gasteiger partial charge on any atom is 0.270 e. The molecule has 1 heterocycles. The van der Waals surface area contributed by atoms with Crippen molar-refractivity contribution in [2.24, 2.45) is 0 Å². The number of amides is 1. The summed E-state index contributed by atoms with van der Waals surface area (Å²) in [5.41, 5.74) is 0. The Balaban J connectivity index is 0.000000383. The smallest absolute Gasteiger partial charge is 0.270 e. The van der Waals surface area contributed by atoms with Crippen LogP contribution in [-0.2, 0) is 4.79 Å². The van der Waals surface area contributed by atoms with Gasteiger partial charge in [0.1, 0.15) is 5.75 Å². The molecule has 0 fully saturated rings. The number of ether oxygens (including phenoxy) is 3. The molecule has 0 spiro atoms. The van der Waals surface area contributed by atoms with E-state index < -0.39 is 5.91 Å². The zero-order chi connectivity index (χ0) is 15.5. The van der Waals surface area contributed by atoms with Crippen LogP contribution in [0.25, 0.3) is 0 Å². The van der Waals surface area contributed by atoms with Crippen molar-refractivity contribution in [2.75, 3.05) is 26.5 Å². The fourth-order valence-electron chi connectivity index (χ4n) is 1.46. The summed E-state index contributed by atoms with van der Waals surface area (Å²) in [6.07, 6.45) is 1.52. The summed E-state index contributed by atoms with van der Waals surface area (Å²) in [5, 5.41) is 13.3. The summed E-state index contributed by atoms with van der Waals surface area (Å²) in [6.45, 7) is 6.36. The Labute approximate surface area is 123 Å². The average Bonchev–Trinajstić information content (AvgIpc) is 2.94. The molecule has 0 aliphatic carbocycles. The summed E-state index contributed by atoms with van der Waals surface area (Å²) in [6, 6.07) is 4.98. The predicted octanol–water partition coefficient (Wildman–Crippen LogP) is 1.01. The molecule has 0 saturated heterocycles. The number of fused-ring (bicyclic) bond motifs is 1. The van der Waals surface area contributed by atoms with E-state index in [1.165, 1.54) is 6.19 Å². The van der Waals surface area contributed by atoms with Crippen molar-refractivity contribution < 1.29 is 19.0 Å². The van der Waals surface area contributed by atoms with Gasteiger partial charge in [-0.25, -0.2) is 0 Å². The zero-order valence-electron chi connectivity index (χ0n) is 12.1. The van der Waals surface area contributed by atoms with Gasteiger partial charge in [0.15, 0.2) is 24.3 Å². The van der Waals surface area contributed by atoms with Gasteiger partial charge in [-0.15, -0.1) is 0 Å². The molecule has 1 aliphatic rings. The average molecular weight is 293 g/mol. The number of nitriles is 1. The van der Waals surface area contributed by atoms with Crippen LogP contribution in [0.4, 0.5) is 0 Å². The Morgan fingerprint density at radius 3 is 2.67 bits per heavy atom. The second kappa shape index (κ2) is 9.44. The third kappa shape index (κ3) is 6.01. The Hall–Kier alpha value is -2.46. The number of nitrogens with one attached hydrogen (secondary N) is 2. The summed E-state index contributed by atoms with van der Waals surface area (Å²) in [5.74, 6) is 1.21. The molecule has 21 heavy (non-hydrogen) atoms. The molecule has 2 N–H and O–H groups in total. The highest BCUT2D eigenvalue weighted by molar-refractivity contribution is 5.78. The topological polar surface area (TPSA) is 92.6 Å². The third-order valence-corrected chi connectivity index (χ3v) is 2.41. The minimum absolute atomic E-state index is 0.188. The first kappa shape index (κ1) is 16.6. The number of hydrogen-bond acceptors (Lipinski definition) is 6. The Morgan fingerprint density at radius 1 is 1.33 bits per heavy atom. The summed E-state index contributed by atoms with van der Waals surface area (Å²) in [7, 11) is 0. The van der Waals surface area contributed by atoms with Crippen LogP contribution in [0.5, 0.6) is 17.2 Å². The zero-order valence-corrected chi connectivity index (χ0v) is 12.1. The molecule has 7 nitrogen and oxygen atoms in total. The van der Waals surface area contributed by atoms with Crippen LogP contribution in [0, 0.1) is 11.5 Å². The van der Waals surface area contributed by atoms with Crippen LogP contribution in [0.1, 0.15) is 13.8 Å². The Bertz CT molecular complexity index is 497. The lowest BCUT2D eigenvalue weighted by molar-refractivity contribution is -0.121. The highest BCUT2D eigenvalue weighted by atomic mass is 16.7. The molecule has 2 rings (SSSR count). The normalized spacial score (nSPS) is 10.9. The number of rotatable bonds is 5. The predicted molar refractivity (Wildman–Crippen MR) is 76.0 cm³/mol. The van der Waals surface area contributed by atoms with Gasteiger partial charge < -0.3 is 19.5 Å². The van der Waals surface area contributed by atoms with E-state index in [4.69, 9.17) is 19.5 Å². The van der Waals surface area contributed by atoms with Crippen molar-refractivity contribution >= 4 is 5.91 Å². The second-order valence-corrected chi connectivity index (χ2v) is 3.92. The van der Waals surface area contributed by atoms with Gasteiger partial charge in [0, 0.05) is 6.07 Å². The molecule has 1 aromatic carbocycles. The van der Waals surface area contributed by atoms with Gasteiger partial charge in [0.2, 0.25) is 6.79 Å². The number of benzene rings is 1. The highest BCUT2D eigenvalue weighted by Crippen LogP contribution is 2.34. The second-order valence-electron chi connectivity index (χ2n) is 3.92. The maximum atomic E-state index is 10.9. The van der Waals surface area contributed by atoms with Crippen molar-refractivity contribution in [1.29, 1.82) is 5.26 Å². The van der Waals surface area contributed by atoms with Crippen LogP contribution in [0.3, 0.4) is 0 Å². The van der Waals surface area contributed by atoms with E-state index in [0.29, 0.717) is 17.2 Å². The van der Waals surface area contributed by atoms with Crippen LogP contribution < -0.4 is 24.8 Å². The largest absolute Gasteiger partial charge is 0.484 e. The van der Waals surface area contributed by atoms with Crippen molar-refractivity contribution in [2.45, 2.75) is 13.8 Å². The molecular formula is C14H19N3O4. The fourth-order valence-corrected chi connectivity index (χ4v) is 1.46. The van der Waals surface area contributed by atoms with Gasteiger partial charge >= 0.3 is 0 Å². The standard InChI is InChI=1S/C10H8N2O4.C4H11N/c11-5-12-10(13)4-14-7-1-2-8-9(3-7)16-6-15-8;1-3-5-4-2/h1-3H,4,6H2,(H,12,13);5H,3-4H2,1-2H3. The van der Waals surface area contributed by atoms with E-state index in [1.54, 1.807) is 18.2 Å². The van der Waals surface area contributed by atoms with E-state index in [-0.39, 0.29) is 13.4 Å². The van der Waals surface area contributed by atoms with E-state index >= 15 is 0 Å². The number of carbonyl (C=O) groups is 1. The minimum Gasteiger partial charge on any atom is -0.484 e. The molecule has 0 bridgehead atoms. The van der Waals surface area contributed by atoms with E-state index in [0.717, 1.165) is 13.1 Å². The molecule has 1 aliphatic heterocycles. The molecule has 0 radical (unpaired) electrons. The SMILES string of the molecule is CCNCC.N#CNC(=O)COc1ccc2c(c1)OCO2. The Kier molecular flexibility index (Phi) is 7.46. The lowest BCUT2D eigenvalue weighted by Crippen LogP contribution is -2.24. The molecular weight excluding hydrogens is 274 g/mol. The summed E-state index contributed by atoms with van der Waals surface area (Å²) < 4.78 is 15.4. The molecule has 0 saturated carbocycles. The van der Waals surface area contributed by atoms with Crippen molar-refractivity contribution in [3.05, 3.63) is 18.2 Å². The first-order chi connectivity index (χ1) is 10.2. The number of hydrogen-bond donors (Lipinski definition) is 2. The number of nitrogens with zero attached hydrogens (tertiary/aromatic N) is 1. The van der Waals surface area contributed by atoms with Gasteiger partial charge in [-0.1, -0.05) is 13.8 Å². The van der Waals surface area contributed by atoms with Gasteiger partial charge in [0.05, 0.1) is 0 Å². The first-order valence-corrected chi connectivity index (χ1v) is 6.62. The molecule has 0 atom stereocenters. The van der Waals surface area contributed by atoms with Gasteiger partial charge in [0.25, 0.3) is 5.91 Å². The Morgan fingerprint density at radius 2 is 2.05 bits per heavy atom. The van der Waals surface area contributed by atoms with Gasteiger partial charge in [-0.3, -0.25) is 10.1 Å². The van der Waals surface area contributed by atoms with Crippen LogP contribution >= 0.6 is 0 Å². The van der Waals surface area contributed by atoms with Gasteiger partial charge in [-0.2, -0.15) is 5.26 Å². The third-order valence-electron chi connectivity index (χ3n) is 2.41. The summed E-state index contributed by atoms with van der Waals surface area (Å²) in [4.78, 5) is 10.9. The van der Waals surface area contributed by atoms with E-state index in [2.05, 4.69) is 19.2 Å². The lowest BCUT2D eigenvalue weighted by atomic mass is 10.3. The first-order valence-electron chi connectivity index (χ1n) is 6.62. The van der Waals surface area contributed by atoms with Crippen molar-refractivity contribution in [3.63, 3.8) is 0 Å². The minimum atomic E-state index is -0.500. The molecule has 114 valence electrons. The molecule has 1 aromatic rings. The molecule has 7 heteroatoms. The lowest BCUT2D eigenvalue weighted by Gasteiger charge is -2.04. The highest BCUT2D eigenvalue weighted by Gasteiger charge is 2.14. The fraction of sp³-hybridized carbons (Fsp3) is 0.429. The summed E-state index contributed by atoms with van der Waals surface area (Å²) >= 11 is 0. The van der Waals surface area contributed by atoms with E-state index in [1.807, 2.05) is 5.32 Å². The van der Waals surface area contributed by atoms with Gasteiger partial charge in [-0.05, 0) is 25.2 Å². The molecule has 0 aromatic heterocycles. The molecule has 1 amide bonds. The van der Waals surface area contributed by atoms with Crippen LogP contribution in [0.15, 0.2) is 18.2 Å². The quantitative estimate of drug-likeness (QED) is 0.621. The number of carbonyl (C=O) groups excluding carboxylic acids is 1. The molecule has 0 unspecified atom stereocenters. The van der Waals surface area contributed by atoms with Crippen LogP contribution in [-0.4, -0.2) is 32.4 Å². The monoisotopic (exact) mass is 293 g/mol. The van der Waals surface area contributed by atoms with Crippen molar-refractivity contribution in [1.82, 2.24) is 10.6 Å². The maximum absolute atomic E-state index is 10.9. The van der Waals surface area contributed by atoms with E-state index in [9.17, 15) is 4.79 Å².